The van der Waals surface area contributed by atoms with Crippen LogP contribution in [-0.4, -0.2) is 28.1 Å². The van der Waals surface area contributed by atoms with Gasteiger partial charge in [0.1, 0.15) is 6.10 Å². The molecule has 9 atom stereocenters. The highest BCUT2D eigenvalue weighted by Gasteiger charge is 2.59. The number of hydrogen-bond donors (Lipinski definition) is 2. The minimum atomic E-state index is -4.51. The maximum atomic E-state index is 12.8. The molecule has 0 aromatic rings. The van der Waals surface area contributed by atoms with Crippen LogP contribution in [0.15, 0.2) is 11.6 Å². The third-order valence-corrected chi connectivity index (χ3v) is 10.4. The molecule has 0 radical (unpaired) electrons. The molecule has 178 valence electrons. The fourth-order valence-electron chi connectivity index (χ4n) is 8.57. The third-order valence-electron chi connectivity index (χ3n) is 10.4. The molecule has 0 saturated heterocycles. The minimum absolute atomic E-state index is 0.182. The predicted octanol–water partition coefficient (Wildman–Crippen LogP) is 6.66. The van der Waals surface area contributed by atoms with Gasteiger partial charge in [0.2, 0.25) is 0 Å². The summed E-state index contributed by atoms with van der Waals surface area (Å²) in [5, 5.41) is 20.1. The number of fused-ring (bicyclic) bond motifs is 5. The van der Waals surface area contributed by atoms with Gasteiger partial charge in [0.05, 0.1) is 5.60 Å². The average molecular weight is 443 g/mol. The summed E-state index contributed by atoms with van der Waals surface area (Å²) >= 11 is 0. The average Bonchev–Trinajstić information content (AvgIpc) is 3.02. The van der Waals surface area contributed by atoms with Gasteiger partial charge >= 0.3 is 6.18 Å². The summed E-state index contributed by atoms with van der Waals surface area (Å²) in [5.74, 6) is 2.63. The molecule has 4 aliphatic rings. The van der Waals surface area contributed by atoms with Crippen molar-refractivity contribution in [3.63, 3.8) is 0 Å². The van der Waals surface area contributed by atoms with Crippen molar-refractivity contribution >= 4 is 0 Å². The number of aliphatic hydroxyl groups is 2. The number of aliphatic hydroxyl groups excluding tert-OH is 1. The van der Waals surface area contributed by atoms with Gasteiger partial charge in [-0.3, -0.25) is 0 Å². The van der Waals surface area contributed by atoms with Crippen molar-refractivity contribution in [2.24, 2.45) is 40.4 Å². The molecule has 0 aliphatic heterocycles. The molecule has 0 amide bonds. The van der Waals surface area contributed by atoms with E-state index in [1.807, 2.05) is 6.92 Å². The first-order valence-electron chi connectivity index (χ1n) is 12.4. The Kier molecular flexibility index (Phi) is 5.90. The predicted molar refractivity (Wildman–Crippen MR) is 116 cm³/mol. The highest BCUT2D eigenvalue weighted by atomic mass is 19.4. The summed E-state index contributed by atoms with van der Waals surface area (Å²) in [6.45, 7) is 8.92. The second-order valence-electron chi connectivity index (χ2n) is 12.3. The standard InChI is InChI=1S/C26H41F3O2/c1-16(5-10-22(30)26(27,28)29)19-8-9-20-18-7-6-17-15-23(2,31)13-14-24(17,3)21(18)11-12-25(19,20)4/h6,16,18-22,30-31H,5,7-15H2,1-4H3/t16-,18+,19?,20+,21+,22?,23+,24?,25-/m1/s1. The van der Waals surface area contributed by atoms with Gasteiger partial charge in [-0.2, -0.15) is 13.2 Å². The topological polar surface area (TPSA) is 40.5 Å². The molecular weight excluding hydrogens is 401 g/mol. The van der Waals surface area contributed by atoms with Crippen molar-refractivity contribution in [3.05, 3.63) is 11.6 Å². The molecule has 31 heavy (non-hydrogen) atoms. The van der Waals surface area contributed by atoms with E-state index in [9.17, 15) is 23.4 Å². The number of halogens is 3. The van der Waals surface area contributed by atoms with Crippen LogP contribution in [0.5, 0.6) is 0 Å². The molecule has 5 heteroatoms. The second-order valence-corrected chi connectivity index (χ2v) is 12.3. The Morgan fingerprint density at radius 2 is 1.74 bits per heavy atom. The summed E-state index contributed by atoms with van der Waals surface area (Å²) in [5.41, 5.74) is 1.30. The van der Waals surface area contributed by atoms with Gasteiger partial charge in [0, 0.05) is 0 Å². The quantitative estimate of drug-likeness (QED) is 0.478. The van der Waals surface area contributed by atoms with Gasteiger partial charge in [-0.25, -0.2) is 0 Å². The van der Waals surface area contributed by atoms with E-state index in [2.05, 4.69) is 26.8 Å². The molecule has 0 bridgehead atoms. The van der Waals surface area contributed by atoms with Crippen molar-refractivity contribution in [2.45, 2.75) is 110 Å². The summed E-state index contributed by atoms with van der Waals surface area (Å²) in [6, 6.07) is 0. The molecule has 0 aromatic heterocycles. The van der Waals surface area contributed by atoms with Crippen LogP contribution in [0.3, 0.4) is 0 Å². The maximum absolute atomic E-state index is 12.8. The Hall–Kier alpha value is -0.550. The zero-order valence-corrected chi connectivity index (χ0v) is 19.6. The molecule has 3 saturated carbocycles. The lowest BCUT2D eigenvalue weighted by molar-refractivity contribution is -0.206. The van der Waals surface area contributed by atoms with E-state index in [0.717, 1.165) is 38.5 Å². The Bertz CT molecular complexity index is 714. The molecule has 2 N–H and O–H groups in total. The van der Waals surface area contributed by atoms with E-state index >= 15 is 0 Å². The molecule has 0 heterocycles. The summed E-state index contributed by atoms with van der Waals surface area (Å²) in [7, 11) is 0. The van der Waals surface area contributed by atoms with Gasteiger partial charge in [-0.05, 0) is 112 Å². The van der Waals surface area contributed by atoms with Crippen LogP contribution in [0.4, 0.5) is 13.2 Å². The van der Waals surface area contributed by atoms with Crippen molar-refractivity contribution < 1.29 is 23.4 Å². The van der Waals surface area contributed by atoms with Gasteiger partial charge in [0.25, 0.3) is 0 Å². The number of hydrogen-bond acceptors (Lipinski definition) is 2. The number of alkyl halides is 3. The van der Waals surface area contributed by atoms with Crippen LogP contribution in [0.2, 0.25) is 0 Å². The summed E-state index contributed by atoms with van der Waals surface area (Å²) in [4.78, 5) is 0. The summed E-state index contributed by atoms with van der Waals surface area (Å²) in [6.07, 6.45) is 4.48. The monoisotopic (exact) mass is 442 g/mol. The number of rotatable bonds is 4. The van der Waals surface area contributed by atoms with Crippen LogP contribution >= 0.6 is 0 Å². The maximum Gasteiger partial charge on any atom is 0.414 e. The van der Waals surface area contributed by atoms with Crippen LogP contribution in [-0.2, 0) is 0 Å². The largest absolute Gasteiger partial charge is 0.414 e. The zero-order chi connectivity index (χ0) is 22.8. The van der Waals surface area contributed by atoms with Gasteiger partial charge < -0.3 is 10.2 Å². The van der Waals surface area contributed by atoms with E-state index in [4.69, 9.17) is 0 Å². The highest BCUT2D eigenvalue weighted by Crippen LogP contribution is 2.67. The van der Waals surface area contributed by atoms with E-state index in [1.54, 1.807) is 0 Å². The van der Waals surface area contributed by atoms with Gasteiger partial charge in [0.15, 0.2) is 0 Å². The molecule has 0 aromatic carbocycles. The molecular formula is C26H41F3O2. The Morgan fingerprint density at radius 3 is 2.42 bits per heavy atom. The SMILES string of the molecule is C[C@H](CCC(O)C(F)(F)F)C1CC[C@H]2[C@@H]3CC=C4C[C@@](C)(O)CCC4(C)[C@H]3CC[C@]12C. The molecule has 0 spiro atoms. The first-order chi connectivity index (χ1) is 14.3. The minimum Gasteiger partial charge on any atom is -0.390 e. The Balaban J connectivity index is 1.48. The fourth-order valence-corrected chi connectivity index (χ4v) is 8.57. The lowest BCUT2D eigenvalue weighted by Crippen LogP contribution is -2.52. The van der Waals surface area contributed by atoms with Crippen molar-refractivity contribution in [1.29, 1.82) is 0 Å². The molecule has 4 aliphatic carbocycles. The van der Waals surface area contributed by atoms with E-state index < -0.39 is 17.9 Å². The molecule has 2 nitrogen and oxygen atoms in total. The lowest BCUT2D eigenvalue weighted by atomic mass is 9.46. The highest BCUT2D eigenvalue weighted by molar-refractivity contribution is 5.26. The van der Waals surface area contributed by atoms with Crippen molar-refractivity contribution in [1.82, 2.24) is 0 Å². The summed E-state index contributed by atoms with van der Waals surface area (Å²) < 4.78 is 38.3. The van der Waals surface area contributed by atoms with Crippen LogP contribution in [0, 0.1) is 40.4 Å². The van der Waals surface area contributed by atoms with E-state index in [-0.39, 0.29) is 23.2 Å². The first-order valence-corrected chi connectivity index (χ1v) is 12.4. The van der Waals surface area contributed by atoms with Crippen LogP contribution in [0.1, 0.15) is 91.9 Å². The van der Waals surface area contributed by atoms with E-state index in [1.165, 1.54) is 18.4 Å². The Labute approximate surface area is 185 Å². The van der Waals surface area contributed by atoms with Crippen molar-refractivity contribution in [3.8, 4) is 0 Å². The third kappa shape index (κ3) is 4.00. The molecule has 3 fully saturated rings. The first kappa shape index (κ1) is 23.6. The van der Waals surface area contributed by atoms with Crippen molar-refractivity contribution in [2.75, 3.05) is 0 Å². The number of allylic oxidation sites excluding steroid dienone is 1. The lowest BCUT2D eigenvalue weighted by Gasteiger charge is -2.59. The Morgan fingerprint density at radius 1 is 1.03 bits per heavy atom. The van der Waals surface area contributed by atoms with Crippen LogP contribution < -0.4 is 0 Å². The van der Waals surface area contributed by atoms with Gasteiger partial charge in [-0.15, -0.1) is 0 Å². The molecule has 4 rings (SSSR count). The normalized spacial score (nSPS) is 47.1. The van der Waals surface area contributed by atoms with E-state index in [0.29, 0.717) is 30.1 Å². The zero-order valence-electron chi connectivity index (χ0n) is 19.6. The smallest absolute Gasteiger partial charge is 0.390 e. The second kappa shape index (κ2) is 7.75. The fraction of sp³-hybridized carbons (Fsp3) is 0.923. The van der Waals surface area contributed by atoms with Gasteiger partial charge in [-0.1, -0.05) is 32.4 Å². The molecule has 3 unspecified atom stereocenters. The van der Waals surface area contributed by atoms with Crippen LogP contribution in [0.25, 0.3) is 0 Å².